The molecule has 0 heterocycles. The molecule has 4 aliphatic rings. The molecule has 4 fully saturated rings. The summed E-state index contributed by atoms with van der Waals surface area (Å²) < 4.78 is 0.363. The third kappa shape index (κ3) is 3.18. The number of hydrogen-bond acceptors (Lipinski definition) is 3. The molecule has 4 bridgehead atoms. The summed E-state index contributed by atoms with van der Waals surface area (Å²) >= 11 is 1.88. The van der Waals surface area contributed by atoms with Gasteiger partial charge in [0, 0.05) is 16.0 Å². The van der Waals surface area contributed by atoms with Crippen molar-refractivity contribution in [3.8, 4) is 0 Å². The van der Waals surface area contributed by atoms with Crippen LogP contribution in [-0.4, -0.2) is 22.3 Å². The van der Waals surface area contributed by atoms with Crippen molar-refractivity contribution in [3.05, 3.63) is 29.8 Å². The third-order valence-corrected chi connectivity index (χ3v) is 7.46. The SMILES string of the molecule is NC(=O)c1ccc(NC(=O)CSC23CC4CC(CC(C4)C2)C3)cc1. The van der Waals surface area contributed by atoms with E-state index in [1.165, 1.54) is 38.5 Å². The van der Waals surface area contributed by atoms with Gasteiger partial charge < -0.3 is 11.1 Å². The van der Waals surface area contributed by atoms with Gasteiger partial charge in [-0.25, -0.2) is 0 Å². The number of benzene rings is 1. The molecule has 0 saturated heterocycles. The monoisotopic (exact) mass is 344 g/mol. The average molecular weight is 344 g/mol. The van der Waals surface area contributed by atoms with E-state index in [2.05, 4.69) is 5.32 Å². The van der Waals surface area contributed by atoms with Crippen molar-refractivity contribution in [1.82, 2.24) is 0 Å². The van der Waals surface area contributed by atoms with Gasteiger partial charge in [0.15, 0.2) is 0 Å². The Morgan fingerprint density at radius 1 is 1.04 bits per heavy atom. The molecule has 0 radical (unpaired) electrons. The van der Waals surface area contributed by atoms with Gasteiger partial charge in [-0.3, -0.25) is 9.59 Å². The fourth-order valence-corrected chi connectivity index (χ4v) is 6.91. The van der Waals surface area contributed by atoms with Crippen molar-refractivity contribution in [3.63, 3.8) is 0 Å². The second-order valence-corrected chi connectivity index (χ2v) is 9.32. The Bertz CT molecular complexity index is 621. The van der Waals surface area contributed by atoms with Gasteiger partial charge in [0.25, 0.3) is 0 Å². The standard InChI is InChI=1S/C19H24N2O2S/c20-18(23)15-1-3-16(4-2-15)21-17(22)11-24-19-8-12-5-13(9-19)7-14(6-12)10-19/h1-4,12-14H,5-11H2,(H2,20,23)(H,21,22). The smallest absolute Gasteiger partial charge is 0.248 e. The van der Waals surface area contributed by atoms with Crippen molar-refractivity contribution in [2.24, 2.45) is 23.5 Å². The van der Waals surface area contributed by atoms with E-state index in [9.17, 15) is 9.59 Å². The van der Waals surface area contributed by atoms with Crippen LogP contribution in [0.25, 0.3) is 0 Å². The van der Waals surface area contributed by atoms with Crippen LogP contribution in [0, 0.1) is 17.8 Å². The lowest BCUT2D eigenvalue weighted by Gasteiger charge is -2.56. The normalized spacial score (nSPS) is 33.4. The molecular formula is C19H24N2O2S. The average Bonchev–Trinajstić information content (AvgIpc) is 2.52. The minimum absolute atomic E-state index is 0.0440. The molecule has 0 unspecified atom stereocenters. The zero-order valence-electron chi connectivity index (χ0n) is 13.8. The number of amides is 2. The molecule has 1 aromatic carbocycles. The molecule has 0 atom stereocenters. The molecule has 4 saturated carbocycles. The fraction of sp³-hybridized carbons (Fsp3) is 0.579. The predicted octanol–water partition coefficient (Wildman–Crippen LogP) is 3.43. The summed E-state index contributed by atoms with van der Waals surface area (Å²) in [5.41, 5.74) is 6.40. The number of rotatable bonds is 5. The van der Waals surface area contributed by atoms with E-state index in [0.29, 0.717) is 16.1 Å². The van der Waals surface area contributed by atoms with Crippen LogP contribution >= 0.6 is 11.8 Å². The first-order valence-corrected chi connectivity index (χ1v) is 9.84. The van der Waals surface area contributed by atoms with Crippen molar-refractivity contribution < 1.29 is 9.59 Å². The number of nitrogens with two attached hydrogens (primary N) is 1. The highest BCUT2D eigenvalue weighted by atomic mass is 32.2. The molecular weight excluding hydrogens is 320 g/mol. The number of thioether (sulfide) groups is 1. The van der Waals surface area contributed by atoms with E-state index in [4.69, 9.17) is 5.73 Å². The Balaban J connectivity index is 1.33. The van der Waals surface area contributed by atoms with Crippen LogP contribution in [0.3, 0.4) is 0 Å². The lowest BCUT2D eigenvalue weighted by atomic mass is 9.56. The zero-order valence-corrected chi connectivity index (χ0v) is 14.6. The second kappa shape index (κ2) is 6.10. The van der Waals surface area contributed by atoms with Crippen LogP contribution in [-0.2, 0) is 4.79 Å². The van der Waals surface area contributed by atoms with Crippen LogP contribution in [0.4, 0.5) is 5.69 Å². The van der Waals surface area contributed by atoms with Crippen LogP contribution in [0.2, 0.25) is 0 Å². The van der Waals surface area contributed by atoms with Gasteiger partial charge in [0.05, 0.1) is 5.75 Å². The Hall–Kier alpha value is -1.49. The number of primary amides is 1. The first kappa shape index (κ1) is 16.0. The Morgan fingerprint density at radius 3 is 2.08 bits per heavy atom. The number of nitrogens with one attached hydrogen (secondary N) is 1. The van der Waals surface area contributed by atoms with E-state index in [-0.39, 0.29) is 5.91 Å². The van der Waals surface area contributed by atoms with Gasteiger partial charge in [0.2, 0.25) is 11.8 Å². The Kier molecular flexibility index (Phi) is 4.07. The van der Waals surface area contributed by atoms with Crippen LogP contribution in [0.15, 0.2) is 24.3 Å². The predicted molar refractivity (Wildman–Crippen MR) is 97.0 cm³/mol. The van der Waals surface area contributed by atoms with Gasteiger partial charge in [-0.05, 0) is 80.5 Å². The molecule has 0 aliphatic heterocycles. The highest BCUT2D eigenvalue weighted by Gasteiger charge is 2.51. The lowest BCUT2D eigenvalue weighted by Crippen LogP contribution is -2.49. The van der Waals surface area contributed by atoms with Gasteiger partial charge in [-0.2, -0.15) is 0 Å². The van der Waals surface area contributed by atoms with Gasteiger partial charge in [-0.15, -0.1) is 11.8 Å². The molecule has 0 aromatic heterocycles. The molecule has 0 spiro atoms. The molecule has 1 aromatic rings. The summed E-state index contributed by atoms with van der Waals surface area (Å²) in [6, 6.07) is 6.75. The highest BCUT2D eigenvalue weighted by molar-refractivity contribution is 8.01. The molecule has 3 N–H and O–H groups in total. The summed E-state index contributed by atoms with van der Waals surface area (Å²) in [5, 5.41) is 2.93. The van der Waals surface area contributed by atoms with Gasteiger partial charge >= 0.3 is 0 Å². The summed E-state index contributed by atoms with van der Waals surface area (Å²) in [5.74, 6) is 2.84. The first-order chi connectivity index (χ1) is 11.5. The second-order valence-electron chi connectivity index (χ2n) is 7.88. The minimum Gasteiger partial charge on any atom is -0.366 e. The van der Waals surface area contributed by atoms with Crippen molar-refractivity contribution in [2.75, 3.05) is 11.1 Å². The summed E-state index contributed by atoms with van der Waals surface area (Å²) in [6.07, 6.45) is 8.22. The summed E-state index contributed by atoms with van der Waals surface area (Å²) in [4.78, 5) is 23.4. The van der Waals surface area contributed by atoms with E-state index in [1.54, 1.807) is 24.3 Å². The molecule has 5 rings (SSSR count). The summed E-state index contributed by atoms with van der Waals surface area (Å²) in [6.45, 7) is 0. The largest absolute Gasteiger partial charge is 0.366 e. The number of hydrogen-bond donors (Lipinski definition) is 2. The minimum atomic E-state index is -0.453. The maximum absolute atomic E-state index is 12.3. The van der Waals surface area contributed by atoms with Crippen molar-refractivity contribution in [2.45, 2.75) is 43.3 Å². The number of anilines is 1. The topological polar surface area (TPSA) is 72.2 Å². The molecule has 24 heavy (non-hydrogen) atoms. The summed E-state index contributed by atoms with van der Waals surface area (Å²) in [7, 11) is 0. The quantitative estimate of drug-likeness (QED) is 0.859. The molecule has 4 aliphatic carbocycles. The van der Waals surface area contributed by atoms with Crippen LogP contribution in [0.1, 0.15) is 48.9 Å². The van der Waals surface area contributed by atoms with Gasteiger partial charge in [0.1, 0.15) is 0 Å². The number of carbonyl (C=O) groups is 2. The van der Waals surface area contributed by atoms with E-state index < -0.39 is 5.91 Å². The highest BCUT2D eigenvalue weighted by Crippen LogP contribution is 2.60. The van der Waals surface area contributed by atoms with Gasteiger partial charge in [-0.1, -0.05) is 0 Å². The molecule has 5 heteroatoms. The van der Waals surface area contributed by atoms with Crippen LogP contribution < -0.4 is 11.1 Å². The van der Waals surface area contributed by atoms with Crippen LogP contribution in [0.5, 0.6) is 0 Å². The van der Waals surface area contributed by atoms with E-state index in [0.717, 1.165) is 23.4 Å². The molecule has 4 nitrogen and oxygen atoms in total. The van der Waals surface area contributed by atoms with E-state index >= 15 is 0 Å². The maximum atomic E-state index is 12.3. The Morgan fingerprint density at radius 2 is 1.58 bits per heavy atom. The molecule has 2 amide bonds. The maximum Gasteiger partial charge on any atom is 0.248 e. The van der Waals surface area contributed by atoms with Crippen molar-refractivity contribution >= 4 is 29.3 Å². The zero-order chi connectivity index (χ0) is 16.7. The fourth-order valence-electron chi connectivity index (χ4n) is 5.34. The lowest BCUT2D eigenvalue weighted by molar-refractivity contribution is -0.113. The van der Waals surface area contributed by atoms with E-state index in [1.807, 2.05) is 11.8 Å². The number of carbonyl (C=O) groups excluding carboxylic acids is 2. The Labute approximate surface area is 146 Å². The third-order valence-electron chi connectivity index (χ3n) is 5.94. The van der Waals surface area contributed by atoms with Crippen molar-refractivity contribution in [1.29, 1.82) is 0 Å². The molecule has 128 valence electrons. The first-order valence-electron chi connectivity index (χ1n) is 8.85.